The molecule has 0 aliphatic carbocycles. The van der Waals surface area contributed by atoms with Gasteiger partial charge in [0.1, 0.15) is 22.7 Å². The highest BCUT2D eigenvalue weighted by atomic mass is 16.5. The minimum Gasteiger partial charge on any atom is -0.496 e. The average molecular weight is 511 g/mol. The number of hydrogen-bond donors (Lipinski definition) is 0. The molecule has 0 bridgehead atoms. The molecule has 0 N–H and O–H groups in total. The average Bonchev–Trinajstić information content (AvgIpc) is 3.46. The lowest BCUT2D eigenvalue weighted by Crippen LogP contribution is -2.04. The number of methoxy groups -OCH3 is 1. The van der Waals surface area contributed by atoms with Crippen molar-refractivity contribution in [2.75, 3.05) is 7.11 Å². The number of aromatic nitrogens is 2. The Hall–Kier alpha value is -4.57. The van der Waals surface area contributed by atoms with E-state index in [2.05, 4.69) is 106 Å². The Morgan fingerprint density at radius 1 is 0.718 bits per heavy atom. The number of benzene rings is 5. The Balaban J connectivity index is 1.67. The van der Waals surface area contributed by atoms with Gasteiger partial charge < -0.3 is 9.15 Å². The summed E-state index contributed by atoms with van der Waals surface area (Å²) in [6.45, 7) is 10.7. The molecule has 2 heterocycles. The van der Waals surface area contributed by atoms with Gasteiger partial charge in [0, 0.05) is 21.7 Å². The Bertz CT molecular complexity index is 2090. The minimum atomic E-state index is 0.820. The molecule has 0 saturated heterocycles. The second-order valence-electron chi connectivity index (χ2n) is 10.7. The molecular formula is C35H30N2O2. The fraction of sp³-hybridized carbons (Fsp3) is 0.171. The van der Waals surface area contributed by atoms with Gasteiger partial charge in [0.25, 0.3) is 0 Å². The molecule has 0 aliphatic heterocycles. The molecule has 0 spiro atoms. The topological polar surface area (TPSA) is 40.2 Å². The third-order valence-electron chi connectivity index (χ3n) is 7.98. The van der Waals surface area contributed by atoms with E-state index < -0.39 is 0 Å². The number of hydrogen-bond acceptors (Lipinski definition) is 3. The number of nitrogens with zero attached hydrogens (tertiary/aromatic N) is 2. The summed E-state index contributed by atoms with van der Waals surface area (Å²) in [5.74, 6) is 1.67. The Morgan fingerprint density at radius 2 is 1.46 bits per heavy atom. The molecule has 0 amide bonds. The van der Waals surface area contributed by atoms with Crippen LogP contribution in [-0.4, -0.2) is 16.7 Å². The molecule has 39 heavy (non-hydrogen) atoms. The molecule has 0 unspecified atom stereocenters. The van der Waals surface area contributed by atoms with Crippen LogP contribution in [0.4, 0.5) is 0 Å². The van der Waals surface area contributed by atoms with Crippen molar-refractivity contribution >= 4 is 43.7 Å². The summed E-state index contributed by atoms with van der Waals surface area (Å²) in [5.41, 5.74) is 11.7. The van der Waals surface area contributed by atoms with E-state index in [0.29, 0.717) is 0 Å². The highest BCUT2D eigenvalue weighted by Crippen LogP contribution is 2.45. The molecule has 7 aromatic rings. The predicted molar refractivity (Wildman–Crippen MR) is 162 cm³/mol. The van der Waals surface area contributed by atoms with E-state index in [1.165, 1.54) is 27.6 Å². The molecule has 0 fully saturated rings. The van der Waals surface area contributed by atoms with E-state index >= 15 is 0 Å². The molecule has 0 atom stereocenters. The van der Waals surface area contributed by atoms with E-state index in [0.717, 1.165) is 66.7 Å². The van der Waals surface area contributed by atoms with Crippen LogP contribution in [0.25, 0.3) is 60.8 Å². The van der Waals surface area contributed by atoms with Crippen LogP contribution in [0.1, 0.15) is 27.8 Å². The van der Waals surface area contributed by atoms with Crippen molar-refractivity contribution in [3.05, 3.63) is 101 Å². The standard InChI is InChI=1S/C35H30N2O2/c1-19-11-13-25-24(17-19)12-14-26-27-18-30(38-6)23(5)31(34(27)39-33(25)26)35-36-28-9-7-8-10-29(28)37(35)32-21(3)15-20(2)16-22(32)4/h7-18H,1-6H3. The molecule has 4 heteroatoms. The van der Waals surface area contributed by atoms with E-state index in [-0.39, 0.29) is 0 Å². The molecule has 0 saturated carbocycles. The summed E-state index contributed by atoms with van der Waals surface area (Å²) in [6.07, 6.45) is 0. The van der Waals surface area contributed by atoms with Crippen molar-refractivity contribution in [2.24, 2.45) is 0 Å². The lowest BCUT2D eigenvalue weighted by atomic mass is 9.99. The summed E-state index contributed by atoms with van der Waals surface area (Å²) < 4.78 is 15.1. The van der Waals surface area contributed by atoms with Gasteiger partial charge in [-0.2, -0.15) is 0 Å². The van der Waals surface area contributed by atoms with Crippen molar-refractivity contribution in [3.63, 3.8) is 0 Å². The van der Waals surface area contributed by atoms with Gasteiger partial charge in [-0.1, -0.05) is 59.7 Å². The van der Waals surface area contributed by atoms with E-state index in [1.54, 1.807) is 7.11 Å². The van der Waals surface area contributed by atoms with Crippen LogP contribution in [0.3, 0.4) is 0 Å². The van der Waals surface area contributed by atoms with Crippen LogP contribution in [0.5, 0.6) is 5.75 Å². The van der Waals surface area contributed by atoms with Gasteiger partial charge in [-0.15, -0.1) is 0 Å². The van der Waals surface area contributed by atoms with E-state index in [4.69, 9.17) is 14.1 Å². The molecule has 2 aromatic heterocycles. The molecule has 4 nitrogen and oxygen atoms in total. The van der Waals surface area contributed by atoms with Crippen LogP contribution in [0.2, 0.25) is 0 Å². The molecule has 0 aliphatic rings. The van der Waals surface area contributed by atoms with Gasteiger partial charge in [-0.3, -0.25) is 4.57 Å². The fourth-order valence-electron chi connectivity index (χ4n) is 6.31. The second kappa shape index (κ2) is 8.47. The minimum absolute atomic E-state index is 0.820. The maximum atomic E-state index is 6.83. The first-order valence-corrected chi connectivity index (χ1v) is 13.3. The fourth-order valence-corrected chi connectivity index (χ4v) is 6.31. The van der Waals surface area contributed by atoms with Gasteiger partial charge in [-0.05, 0) is 75.4 Å². The molecular weight excluding hydrogens is 480 g/mol. The van der Waals surface area contributed by atoms with Crippen molar-refractivity contribution in [2.45, 2.75) is 34.6 Å². The first-order valence-electron chi connectivity index (χ1n) is 13.3. The number of aryl methyl sites for hydroxylation is 4. The first kappa shape index (κ1) is 23.5. The summed E-state index contributed by atoms with van der Waals surface area (Å²) in [5, 5.41) is 4.38. The van der Waals surface area contributed by atoms with Crippen LogP contribution in [-0.2, 0) is 0 Å². The number of imidazole rings is 1. The maximum absolute atomic E-state index is 6.83. The zero-order chi connectivity index (χ0) is 27.0. The third-order valence-corrected chi connectivity index (χ3v) is 7.98. The van der Waals surface area contributed by atoms with Gasteiger partial charge in [0.05, 0.1) is 29.4 Å². The monoisotopic (exact) mass is 510 g/mol. The second-order valence-corrected chi connectivity index (χ2v) is 10.7. The summed E-state index contributed by atoms with van der Waals surface area (Å²) in [7, 11) is 1.73. The Kier molecular flexibility index (Phi) is 5.11. The SMILES string of the molecule is COc1cc2c(oc3c4ccc(C)cc4ccc23)c(-c2nc3ccccc3n2-c2c(C)cc(C)cc2C)c1C. The lowest BCUT2D eigenvalue weighted by Gasteiger charge is -2.18. The zero-order valence-corrected chi connectivity index (χ0v) is 23.1. The van der Waals surface area contributed by atoms with Crippen molar-refractivity contribution in [1.82, 2.24) is 9.55 Å². The predicted octanol–water partition coefficient (Wildman–Crippen LogP) is 9.30. The number of fused-ring (bicyclic) bond motifs is 6. The maximum Gasteiger partial charge on any atom is 0.149 e. The molecule has 7 rings (SSSR count). The summed E-state index contributed by atoms with van der Waals surface area (Å²) in [4.78, 5) is 5.24. The molecule has 0 radical (unpaired) electrons. The lowest BCUT2D eigenvalue weighted by molar-refractivity contribution is 0.412. The number of para-hydroxylation sites is 2. The smallest absolute Gasteiger partial charge is 0.149 e. The normalized spacial score (nSPS) is 11.8. The molecule has 192 valence electrons. The summed E-state index contributed by atoms with van der Waals surface area (Å²) in [6, 6.07) is 25.8. The third kappa shape index (κ3) is 3.41. The Labute approximate surface area is 227 Å². The van der Waals surface area contributed by atoms with Crippen LogP contribution < -0.4 is 4.74 Å². The van der Waals surface area contributed by atoms with Gasteiger partial charge in [-0.25, -0.2) is 4.98 Å². The number of ether oxygens (including phenoxy) is 1. The largest absolute Gasteiger partial charge is 0.496 e. The molecule has 5 aromatic carbocycles. The van der Waals surface area contributed by atoms with Gasteiger partial charge in [0.15, 0.2) is 0 Å². The highest BCUT2D eigenvalue weighted by Gasteiger charge is 2.25. The van der Waals surface area contributed by atoms with Gasteiger partial charge in [0.2, 0.25) is 0 Å². The number of furan rings is 1. The number of rotatable bonds is 3. The zero-order valence-electron chi connectivity index (χ0n) is 23.1. The Morgan fingerprint density at radius 3 is 2.23 bits per heavy atom. The highest BCUT2D eigenvalue weighted by molar-refractivity contribution is 6.18. The van der Waals surface area contributed by atoms with Crippen LogP contribution in [0.15, 0.2) is 77.2 Å². The van der Waals surface area contributed by atoms with Crippen molar-refractivity contribution in [1.29, 1.82) is 0 Å². The van der Waals surface area contributed by atoms with Gasteiger partial charge >= 0.3 is 0 Å². The van der Waals surface area contributed by atoms with Crippen molar-refractivity contribution < 1.29 is 9.15 Å². The quantitative estimate of drug-likeness (QED) is 0.238. The van der Waals surface area contributed by atoms with Crippen molar-refractivity contribution in [3.8, 4) is 22.8 Å². The van der Waals surface area contributed by atoms with Crippen LogP contribution in [0, 0.1) is 34.6 Å². The first-order chi connectivity index (χ1) is 18.9. The summed E-state index contributed by atoms with van der Waals surface area (Å²) >= 11 is 0. The van der Waals surface area contributed by atoms with Crippen LogP contribution >= 0.6 is 0 Å². The van der Waals surface area contributed by atoms with E-state index in [1.807, 2.05) is 6.07 Å². The van der Waals surface area contributed by atoms with E-state index in [9.17, 15) is 0 Å².